The average molecular weight is 313 g/mol. The molecule has 2 aromatic rings. The van der Waals surface area contributed by atoms with Gasteiger partial charge < -0.3 is 16.8 Å². The molecule has 23 heavy (non-hydrogen) atoms. The molecular weight excluding hydrogens is 290 g/mol. The van der Waals surface area contributed by atoms with Gasteiger partial charge in [0.1, 0.15) is 6.04 Å². The monoisotopic (exact) mass is 313 g/mol. The molecule has 122 valence electrons. The molecule has 2 rings (SSSR count). The van der Waals surface area contributed by atoms with Crippen LogP contribution in [0.2, 0.25) is 0 Å². The van der Waals surface area contributed by atoms with E-state index in [9.17, 15) is 9.59 Å². The SMILES string of the molecule is CC(C)[C@H](NC(=O)[C@@H](N)Cc1cccc2ccccc12)C(N)=O. The van der Waals surface area contributed by atoms with Crippen molar-refractivity contribution in [3.05, 3.63) is 48.0 Å². The van der Waals surface area contributed by atoms with Gasteiger partial charge in [-0.2, -0.15) is 0 Å². The Balaban J connectivity index is 2.13. The second-order valence-corrected chi connectivity index (χ2v) is 6.08. The van der Waals surface area contributed by atoms with Crippen LogP contribution >= 0.6 is 0 Å². The summed E-state index contributed by atoms with van der Waals surface area (Å²) >= 11 is 0. The minimum Gasteiger partial charge on any atom is -0.368 e. The molecule has 0 aliphatic carbocycles. The number of carbonyl (C=O) groups excluding carboxylic acids is 2. The fourth-order valence-corrected chi connectivity index (χ4v) is 2.63. The molecule has 0 aromatic heterocycles. The molecule has 0 unspecified atom stereocenters. The fourth-order valence-electron chi connectivity index (χ4n) is 2.63. The Hall–Kier alpha value is -2.40. The lowest BCUT2D eigenvalue weighted by Gasteiger charge is -2.21. The van der Waals surface area contributed by atoms with E-state index in [1.165, 1.54) is 0 Å². The van der Waals surface area contributed by atoms with Crippen LogP contribution < -0.4 is 16.8 Å². The number of hydrogen-bond donors (Lipinski definition) is 3. The third-order valence-corrected chi connectivity index (χ3v) is 3.93. The molecule has 5 heteroatoms. The highest BCUT2D eigenvalue weighted by atomic mass is 16.2. The first kappa shape index (κ1) is 17.0. The van der Waals surface area contributed by atoms with Gasteiger partial charge in [0.25, 0.3) is 0 Å². The van der Waals surface area contributed by atoms with E-state index >= 15 is 0 Å². The van der Waals surface area contributed by atoms with E-state index in [1.54, 1.807) is 0 Å². The van der Waals surface area contributed by atoms with Crippen LogP contribution in [0.4, 0.5) is 0 Å². The Kier molecular flexibility index (Phi) is 5.34. The van der Waals surface area contributed by atoms with E-state index in [2.05, 4.69) is 5.32 Å². The molecule has 0 fully saturated rings. The number of carbonyl (C=O) groups is 2. The summed E-state index contributed by atoms with van der Waals surface area (Å²) in [5, 5.41) is 4.83. The van der Waals surface area contributed by atoms with Crippen molar-refractivity contribution in [2.75, 3.05) is 0 Å². The lowest BCUT2D eigenvalue weighted by molar-refractivity contribution is -0.129. The van der Waals surface area contributed by atoms with Gasteiger partial charge in [0.2, 0.25) is 11.8 Å². The Morgan fingerprint density at radius 1 is 1.09 bits per heavy atom. The van der Waals surface area contributed by atoms with Crippen molar-refractivity contribution in [3.63, 3.8) is 0 Å². The molecule has 0 heterocycles. The van der Waals surface area contributed by atoms with Gasteiger partial charge in [-0.1, -0.05) is 56.3 Å². The molecule has 0 bridgehead atoms. The summed E-state index contributed by atoms with van der Waals surface area (Å²) in [6.45, 7) is 3.65. The number of benzene rings is 2. The first-order valence-corrected chi connectivity index (χ1v) is 7.72. The van der Waals surface area contributed by atoms with Gasteiger partial charge in [-0.05, 0) is 28.7 Å². The average Bonchev–Trinajstić information content (AvgIpc) is 2.52. The van der Waals surface area contributed by atoms with Crippen LogP contribution in [0.3, 0.4) is 0 Å². The van der Waals surface area contributed by atoms with Crippen molar-refractivity contribution in [1.29, 1.82) is 0 Å². The Morgan fingerprint density at radius 2 is 1.74 bits per heavy atom. The summed E-state index contributed by atoms with van der Waals surface area (Å²) < 4.78 is 0. The number of primary amides is 1. The van der Waals surface area contributed by atoms with Crippen molar-refractivity contribution in [3.8, 4) is 0 Å². The molecule has 2 aromatic carbocycles. The minimum absolute atomic E-state index is 0.0822. The molecule has 2 atom stereocenters. The predicted molar refractivity (Wildman–Crippen MR) is 91.6 cm³/mol. The maximum Gasteiger partial charge on any atom is 0.240 e. The number of amides is 2. The Morgan fingerprint density at radius 3 is 2.39 bits per heavy atom. The van der Waals surface area contributed by atoms with Gasteiger partial charge >= 0.3 is 0 Å². The first-order chi connectivity index (χ1) is 10.9. The van der Waals surface area contributed by atoms with Crippen molar-refractivity contribution >= 4 is 22.6 Å². The Labute approximate surface area is 136 Å². The Bertz CT molecular complexity index is 707. The molecule has 0 saturated heterocycles. The van der Waals surface area contributed by atoms with E-state index in [-0.39, 0.29) is 11.8 Å². The molecule has 2 amide bonds. The summed E-state index contributed by atoms with van der Waals surface area (Å²) in [6.07, 6.45) is 0.400. The highest BCUT2D eigenvalue weighted by Gasteiger charge is 2.24. The summed E-state index contributed by atoms with van der Waals surface area (Å²) in [5.41, 5.74) is 12.3. The van der Waals surface area contributed by atoms with Crippen molar-refractivity contribution in [2.45, 2.75) is 32.4 Å². The zero-order chi connectivity index (χ0) is 17.0. The van der Waals surface area contributed by atoms with E-state index in [4.69, 9.17) is 11.5 Å². The van der Waals surface area contributed by atoms with Crippen LogP contribution in [-0.4, -0.2) is 23.9 Å². The van der Waals surface area contributed by atoms with E-state index in [0.29, 0.717) is 6.42 Å². The predicted octanol–water partition coefficient (Wildman–Crippen LogP) is 1.34. The minimum atomic E-state index is -0.735. The maximum atomic E-state index is 12.3. The van der Waals surface area contributed by atoms with Crippen LogP contribution in [0, 0.1) is 5.92 Å². The van der Waals surface area contributed by atoms with Crippen LogP contribution in [0.1, 0.15) is 19.4 Å². The highest BCUT2D eigenvalue weighted by molar-refractivity contribution is 5.90. The van der Waals surface area contributed by atoms with Crippen LogP contribution in [0.25, 0.3) is 10.8 Å². The zero-order valence-corrected chi connectivity index (χ0v) is 13.5. The number of rotatable bonds is 6. The molecule has 5 nitrogen and oxygen atoms in total. The molecule has 0 aliphatic heterocycles. The van der Waals surface area contributed by atoms with Crippen molar-refractivity contribution in [1.82, 2.24) is 5.32 Å². The summed E-state index contributed by atoms with van der Waals surface area (Å²) in [6, 6.07) is 12.4. The van der Waals surface area contributed by atoms with E-state index < -0.39 is 18.0 Å². The van der Waals surface area contributed by atoms with Gasteiger partial charge in [-0.15, -0.1) is 0 Å². The number of nitrogens with one attached hydrogen (secondary N) is 1. The fraction of sp³-hybridized carbons (Fsp3) is 0.333. The highest BCUT2D eigenvalue weighted by Crippen LogP contribution is 2.19. The van der Waals surface area contributed by atoms with Crippen LogP contribution in [0.15, 0.2) is 42.5 Å². The third kappa shape index (κ3) is 4.07. The van der Waals surface area contributed by atoms with Gasteiger partial charge in [0.05, 0.1) is 6.04 Å². The van der Waals surface area contributed by atoms with Gasteiger partial charge in [-0.3, -0.25) is 9.59 Å². The lowest BCUT2D eigenvalue weighted by Crippen LogP contribution is -2.53. The normalized spacial score (nSPS) is 13.7. The van der Waals surface area contributed by atoms with Gasteiger partial charge in [0, 0.05) is 0 Å². The zero-order valence-electron chi connectivity index (χ0n) is 13.5. The smallest absolute Gasteiger partial charge is 0.240 e. The van der Waals surface area contributed by atoms with Crippen molar-refractivity contribution in [2.24, 2.45) is 17.4 Å². The number of hydrogen-bond acceptors (Lipinski definition) is 3. The largest absolute Gasteiger partial charge is 0.368 e. The molecule has 5 N–H and O–H groups in total. The second-order valence-electron chi connectivity index (χ2n) is 6.08. The standard InChI is InChI=1S/C18H23N3O2/c1-11(2)16(17(20)22)21-18(23)15(19)10-13-8-5-7-12-6-3-4-9-14(12)13/h3-9,11,15-16H,10,19H2,1-2H3,(H2,20,22)(H,21,23)/t15-,16-/m0/s1. The number of fused-ring (bicyclic) bond motifs is 1. The maximum absolute atomic E-state index is 12.3. The topological polar surface area (TPSA) is 98.2 Å². The molecule has 0 spiro atoms. The van der Waals surface area contributed by atoms with Gasteiger partial charge in [-0.25, -0.2) is 0 Å². The van der Waals surface area contributed by atoms with Crippen LogP contribution in [-0.2, 0) is 16.0 Å². The summed E-state index contributed by atoms with van der Waals surface area (Å²) in [4.78, 5) is 23.7. The lowest BCUT2D eigenvalue weighted by atomic mass is 9.98. The third-order valence-electron chi connectivity index (χ3n) is 3.93. The quantitative estimate of drug-likeness (QED) is 0.750. The molecule has 0 aliphatic rings. The van der Waals surface area contributed by atoms with E-state index in [0.717, 1.165) is 16.3 Å². The number of nitrogens with two attached hydrogens (primary N) is 2. The molecular formula is C18H23N3O2. The first-order valence-electron chi connectivity index (χ1n) is 7.72. The molecule has 0 saturated carbocycles. The molecule has 0 radical (unpaired) electrons. The second kappa shape index (κ2) is 7.24. The van der Waals surface area contributed by atoms with Crippen molar-refractivity contribution < 1.29 is 9.59 Å². The van der Waals surface area contributed by atoms with Gasteiger partial charge in [0.15, 0.2) is 0 Å². The summed E-state index contributed by atoms with van der Waals surface area (Å²) in [7, 11) is 0. The summed E-state index contributed by atoms with van der Waals surface area (Å²) in [5.74, 6) is -0.998. The van der Waals surface area contributed by atoms with Crippen LogP contribution in [0.5, 0.6) is 0 Å². The van der Waals surface area contributed by atoms with E-state index in [1.807, 2.05) is 56.3 Å².